The van der Waals surface area contributed by atoms with Gasteiger partial charge >= 0.3 is 0 Å². The second-order valence-corrected chi connectivity index (χ2v) is 5.80. The average Bonchev–Trinajstić information content (AvgIpc) is 2.42. The number of rotatable bonds is 4. The van der Waals surface area contributed by atoms with Crippen LogP contribution >= 0.6 is 35.0 Å². The van der Waals surface area contributed by atoms with Gasteiger partial charge in [-0.05, 0) is 24.3 Å². The van der Waals surface area contributed by atoms with E-state index in [4.69, 9.17) is 23.2 Å². The van der Waals surface area contributed by atoms with Crippen molar-refractivity contribution in [1.82, 2.24) is 0 Å². The van der Waals surface area contributed by atoms with Crippen molar-refractivity contribution in [1.29, 1.82) is 0 Å². The van der Waals surface area contributed by atoms with E-state index in [2.05, 4.69) is 0 Å². The minimum Gasteiger partial charge on any atom is -0.258 e. The Morgan fingerprint density at radius 1 is 0.810 bits per heavy atom. The van der Waals surface area contributed by atoms with Gasteiger partial charge in [0.25, 0.3) is 11.4 Å². The van der Waals surface area contributed by atoms with Crippen LogP contribution < -0.4 is 0 Å². The second-order valence-electron chi connectivity index (χ2n) is 3.84. The molecule has 0 aliphatic carbocycles. The van der Waals surface area contributed by atoms with Gasteiger partial charge < -0.3 is 0 Å². The molecule has 0 radical (unpaired) electrons. The van der Waals surface area contributed by atoms with Crippen LogP contribution in [0.4, 0.5) is 11.4 Å². The minimum absolute atomic E-state index is 0.0337. The summed E-state index contributed by atoms with van der Waals surface area (Å²) in [4.78, 5) is 21.6. The Labute approximate surface area is 133 Å². The zero-order chi connectivity index (χ0) is 15.6. The first kappa shape index (κ1) is 15.6. The lowest BCUT2D eigenvalue weighted by atomic mass is 10.3. The van der Waals surface area contributed by atoms with Crippen LogP contribution in [0.2, 0.25) is 10.0 Å². The van der Waals surface area contributed by atoms with Crippen molar-refractivity contribution in [2.45, 2.75) is 9.79 Å². The van der Waals surface area contributed by atoms with Crippen molar-refractivity contribution in [2.24, 2.45) is 0 Å². The van der Waals surface area contributed by atoms with Crippen molar-refractivity contribution in [3.05, 3.63) is 66.7 Å². The highest BCUT2D eigenvalue weighted by atomic mass is 35.5. The van der Waals surface area contributed by atoms with E-state index in [1.165, 1.54) is 24.3 Å². The molecule has 2 aromatic carbocycles. The summed E-state index contributed by atoms with van der Waals surface area (Å²) in [6.45, 7) is 0. The Morgan fingerprint density at radius 3 is 1.52 bits per heavy atom. The molecule has 0 aliphatic heterocycles. The van der Waals surface area contributed by atoms with Crippen LogP contribution in [0.15, 0.2) is 46.2 Å². The molecule has 0 heterocycles. The average molecular weight is 345 g/mol. The molecule has 6 nitrogen and oxygen atoms in total. The van der Waals surface area contributed by atoms with Crippen LogP contribution in [0.5, 0.6) is 0 Å². The van der Waals surface area contributed by atoms with Crippen molar-refractivity contribution in [3.8, 4) is 0 Å². The highest BCUT2D eigenvalue weighted by molar-refractivity contribution is 7.99. The fourth-order valence-electron chi connectivity index (χ4n) is 1.53. The number of halogens is 2. The summed E-state index contributed by atoms with van der Waals surface area (Å²) in [5.74, 6) is 0. The summed E-state index contributed by atoms with van der Waals surface area (Å²) in [6.07, 6.45) is 0. The van der Waals surface area contributed by atoms with E-state index in [1.807, 2.05) is 0 Å². The van der Waals surface area contributed by atoms with E-state index in [9.17, 15) is 20.2 Å². The predicted octanol–water partition coefficient (Wildman–Crippen LogP) is 4.96. The lowest BCUT2D eigenvalue weighted by Gasteiger charge is -2.03. The molecular weight excluding hydrogens is 339 g/mol. The van der Waals surface area contributed by atoms with Gasteiger partial charge in [0.2, 0.25) is 0 Å². The third kappa shape index (κ3) is 3.63. The molecule has 2 rings (SSSR count). The molecule has 9 heteroatoms. The molecule has 0 bridgehead atoms. The van der Waals surface area contributed by atoms with Gasteiger partial charge in [0.05, 0.1) is 9.85 Å². The lowest BCUT2D eigenvalue weighted by Crippen LogP contribution is -1.90. The topological polar surface area (TPSA) is 86.3 Å². The fraction of sp³-hybridized carbons (Fsp3) is 0. The Kier molecular flexibility index (Phi) is 4.66. The first-order valence-corrected chi connectivity index (χ1v) is 7.01. The molecule has 21 heavy (non-hydrogen) atoms. The Morgan fingerprint density at radius 2 is 1.19 bits per heavy atom. The van der Waals surface area contributed by atoms with Crippen molar-refractivity contribution in [3.63, 3.8) is 0 Å². The number of nitro benzene ring substituents is 2. The maximum Gasteiger partial charge on any atom is 0.289 e. The van der Waals surface area contributed by atoms with Gasteiger partial charge in [-0.3, -0.25) is 20.2 Å². The number of nitrogens with zero attached hydrogens (tertiary/aromatic N) is 2. The third-order valence-electron chi connectivity index (χ3n) is 2.46. The first-order chi connectivity index (χ1) is 9.88. The molecule has 0 atom stereocenters. The minimum atomic E-state index is -0.587. The van der Waals surface area contributed by atoms with E-state index < -0.39 is 9.85 Å². The van der Waals surface area contributed by atoms with Gasteiger partial charge in [0, 0.05) is 21.9 Å². The molecule has 0 unspecified atom stereocenters. The SMILES string of the molecule is O=[N+]([O-])c1cc(Sc2ccc(Cl)c([N+](=O)[O-])c2)ccc1Cl. The van der Waals surface area contributed by atoms with Crippen molar-refractivity contribution >= 4 is 46.3 Å². The van der Waals surface area contributed by atoms with Crippen LogP contribution in [0.3, 0.4) is 0 Å². The summed E-state index contributed by atoms with van der Waals surface area (Å²) in [5.41, 5.74) is -0.435. The maximum absolute atomic E-state index is 10.8. The first-order valence-electron chi connectivity index (χ1n) is 5.44. The predicted molar refractivity (Wildman–Crippen MR) is 80.3 cm³/mol. The summed E-state index contributed by atoms with van der Waals surface area (Å²) in [5, 5.41) is 21.7. The van der Waals surface area contributed by atoms with Crippen LogP contribution in [-0.4, -0.2) is 9.85 Å². The van der Waals surface area contributed by atoms with Gasteiger partial charge in [-0.1, -0.05) is 35.0 Å². The van der Waals surface area contributed by atoms with Gasteiger partial charge in [0.1, 0.15) is 10.0 Å². The highest BCUT2D eigenvalue weighted by Crippen LogP contribution is 2.36. The van der Waals surface area contributed by atoms with Crippen LogP contribution in [0.1, 0.15) is 0 Å². The molecule has 108 valence electrons. The van der Waals surface area contributed by atoms with E-state index in [0.29, 0.717) is 9.79 Å². The standard InChI is InChI=1S/C12H6Cl2N2O4S/c13-9-3-1-7(5-11(9)15(17)18)21-8-2-4-10(14)12(6-8)16(19)20/h1-6H. The Balaban J connectivity index is 2.34. The molecule has 2 aromatic rings. The van der Waals surface area contributed by atoms with Crippen LogP contribution in [0.25, 0.3) is 0 Å². The van der Waals surface area contributed by atoms with Crippen molar-refractivity contribution in [2.75, 3.05) is 0 Å². The normalized spacial score (nSPS) is 10.4. The molecule has 0 saturated carbocycles. The lowest BCUT2D eigenvalue weighted by molar-refractivity contribution is -0.385. The Bertz CT molecular complexity index is 678. The zero-order valence-electron chi connectivity index (χ0n) is 10.2. The fourth-order valence-corrected chi connectivity index (χ4v) is 2.79. The molecule has 0 aromatic heterocycles. The summed E-state index contributed by atoms with van der Waals surface area (Å²) in [6, 6.07) is 8.64. The summed E-state index contributed by atoms with van der Waals surface area (Å²) < 4.78 is 0. The zero-order valence-corrected chi connectivity index (χ0v) is 12.5. The van der Waals surface area contributed by atoms with Gasteiger partial charge in [-0.25, -0.2) is 0 Å². The highest BCUT2D eigenvalue weighted by Gasteiger charge is 2.16. The summed E-state index contributed by atoms with van der Waals surface area (Å²) >= 11 is 12.6. The number of nitro groups is 2. The smallest absolute Gasteiger partial charge is 0.258 e. The molecule has 0 fully saturated rings. The largest absolute Gasteiger partial charge is 0.289 e. The molecule has 0 aliphatic rings. The van der Waals surface area contributed by atoms with E-state index in [0.717, 1.165) is 11.8 Å². The second kappa shape index (κ2) is 6.30. The number of benzene rings is 2. The van der Waals surface area contributed by atoms with E-state index in [-0.39, 0.29) is 21.4 Å². The van der Waals surface area contributed by atoms with Gasteiger partial charge in [-0.2, -0.15) is 0 Å². The molecule has 0 amide bonds. The Hall–Kier alpha value is -1.83. The van der Waals surface area contributed by atoms with Crippen molar-refractivity contribution < 1.29 is 9.85 Å². The number of hydrogen-bond acceptors (Lipinski definition) is 5. The van der Waals surface area contributed by atoms with Gasteiger partial charge in [0.15, 0.2) is 0 Å². The van der Waals surface area contributed by atoms with E-state index >= 15 is 0 Å². The summed E-state index contributed by atoms with van der Waals surface area (Å²) in [7, 11) is 0. The van der Waals surface area contributed by atoms with Crippen LogP contribution in [-0.2, 0) is 0 Å². The quantitative estimate of drug-likeness (QED) is 0.577. The van der Waals surface area contributed by atoms with Crippen LogP contribution in [0, 0.1) is 20.2 Å². The molecule has 0 N–H and O–H groups in total. The maximum atomic E-state index is 10.8. The monoisotopic (exact) mass is 344 g/mol. The molecule has 0 saturated heterocycles. The third-order valence-corrected chi connectivity index (χ3v) is 4.08. The number of hydrogen-bond donors (Lipinski definition) is 0. The van der Waals surface area contributed by atoms with Gasteiger partial charge in [-0.15, -0.1) is 0 Å². The molecule has 0 spiro atoms. The van der Waals surface area contributed by atoms with E-state index in [1.54, 1.807) is 12.1 Å². The molecular formula is C12H6Cl2N2O4S.